The van der Waals surface area contributed by atoms with E-state index in [0.29, 0.717) is 11.5 Å². The van der Waals surface area contributed by atoms with Crippen molar-refractivity contribution in [3.8, 4) is 28.4 Å². The Hall–Kier alpha value is -3.02. The number of benzene rings is 2. The maximum atomic E-state index is 9.50. The smallest absolute Gasteiger partial charge is 0.155 e. The lowest BCUT2D eigenvalue weighted by Gasteiger charge is -2.08. The molecule has 3 N–H and O–H groups in total. The number of aryl methyl sites for hydroxylation is 1. The summed E-state index contributed by atoms with van der Waals surface area (Å²) in [5.41, 5.74) is 9.25. The van der Waals surface area contributed by atoms with Crippen LogP contribution in [0.1, 0.15) is 5.56 Å². The number of aromatic nitrogens is 3. The molecule has 0 spiro atoms. The van der Waals surface area contributed by atoms with Crippen LogP contribution in [0.25, 0.3) is 16.9 Å². The summed E-state index contributed by atoms with van der Waals surface area (Å²) in [7, 11) is 1.61. The van der Waals surface area contributed by atoms with Crippen molar-refractivity contribution >= 4 is 5.82 Å². The summed E-state index contributed by atoms with van der Waals surface area (Å²) in [6.45, 7) is 1.88. The van der Waals surface area contributed by atoms with Crippen molar-refractivity contribution in [1.82, 2.24) is 15.0 Å². The molecule has 112 valence electrons. The first-order chi connectivity index (χ1) is 10.6. The number of phenols is 1. The zero-order valence-corrected chi connectivity index (χ0v) is 12.3. The molecule has 1 aromatic heterocycles. The molecule has 0 aliphatic heterocycles. The van der Waals surface area contributed by atoms with Crippen molar-refractivity contribution in [3.05, 3.63) is 48.0 Å². The minimum atomic E-state index is 0.202. The highest BCUT2D eigenvalue weighted by Crippen LogP contribution is 2.29. The summed E-state index contributed by atoms with van der Waals surface area (Å²) < 4.78 is 6.78. The summed E-state index contributed by atoms with van der Waals surface area (Å²) in [5.74, 6) is 1.36. The number of hydrogen-bond acceptors (Lipinski definition) is 5. The lowest BCUT2D eigenvalue weighted by atomic mass is 10.1. The number of ether oxygens (including phenoxy) is 1. The first-order valence-electron chi connectivity index (χ1n) is 6.75. The van der Waals surface area contributed by atoms with E-state index in [9.17, 15) is 5.11 Å². The van der Waals surface area contributed by atoms with Crippen molar-refractivity contribution in [2.75, 3.05) is 12.8 Å². The van der Waals surface area contributed by atoms with Crippen molar-refractivity contribution in [2.24, 2.45) is 0 Å². The number of anilines is 1. The van der Waals surface area contributed by atoms with Gasteiger partial charge in [0.2, 0.25) is 0 Å². The van der Waals surface area contributed by atoms with Crippen LogP contribution >= 0.6 is 0 Å². The normalized spacial score (nSPS) is 10.6. The molecule has 0 amide bonds. The van der Waals surface area contributed by atoms with Crippen LogP contribution in [0.3, 0.4) is 0 Å². The van der Waals surface area contributed by atoms with Crippen LogP contribution in [-0.4, -0.2) is 27.2 Å². The Morgan fingerprint density at radius 1 is 1.18 bits per heavy atom. The van der Waals surface area contributed by atoms with Gasteiger partial charge in [-0.3, -0.25) is 0 Å². The third kappa shape index (κ3) is 2.35. The van der Waals surface area contributed by atoms with Gasteiger partial charge in [-0.25, -0.2) is 0 Å². The van der Waals surface area contributed by atoms with Crippen molar-refractivity contribution in [3.63, 3.8) is 0 Å². The van der Waals surface area contributed by atoms with Gasteiger partial charge in [0.25, 0.3) is 0 Å². The molecule has 1 heterocycles. The highest BCUT2D eigenvalue weighted by molar-refractivity contribution is 5.72. The number of aromatic hydroxyl groups is 1. The van der Waals surface area contributed by atoms with Gasteiger partial charge in [-0.1, -0.05) is 17.3 Å². The zero-order valence-electron chi connectivity index (χ0n) is 12.3. The van der Waals surface area contributed by atoms with Gasteiger partial charge in [0.05, 0.1) is 12.8 Å². The summed E-state index contributed by atoms with van der Waals surface area (Å²) in [5, 5.41) is 17.8. The minimum Gasteiger partial charge on any atom is -0.508 e. The van der Waals surface area contributed by atoms with E-state index in [4.69, 9.17) is 10.5 Å². The van der Waals surface area contributed by atoms with E-state index in [2.05, 4.69) is 10.3 Å². The van der Waals surface area contributed by atoms with Gasteiger partial charge in [0, 0.05) is 5.56 Å². The highest BCUT2D eigenvalue weighted by Gasteiger charge is 2.15. The van der Waals surface area contributed by atoms with E-state index in [-0.39, 0.29) is 5.75 Å². The van der Waals surface area contributed by atoms with Crippen LogP contribution in [0.15, 0.2) is 42.5 Å². The van der Waals surface area contributed by atoms with E-state index < -0.39 is 0 Å². The van der Waals surface area contributed by atoms with E-state index in [1.165, 1.54) is 0 Å². The van der Waals surface area contributed by atoms with E-state index >= 15 is 0 Å². The predicted molar refractivity (Wildman–Crippen MR) is 84.2 cm³/mol. The van der Waals surface area contributed by atoms with Gasteiger partial charge in [0.1, 0.15) is 17.2 Å². The SMILES string of the molecule is COc1cccc(-c2nnn(-c3ccc(O)cc3C)c2N)c1. The molecule has 3 aromatic rings. The van der Waals surface area contributed by atoms with E-state index in [0.717, 1.165) is 22.6 Å². The Kier molecular flexibility index (Phi) is 3.42. The fraction of sp³-hybridized carbons (Fsp3) is 0.125. The molecule has 0 aliphatic carbocycles. The van der Waals surface area contributed by atoms with Crippen LogP contribution < -0.4 is 10.5 Å². The molecule has 3 rings (SSSR count). The number of methoxy groups -OCH3 is 1. The minimum absolute atomic E-state index is 0.202. The van der Waals surface area contributed by atoms with Gasteiger partial charge in [-0.2, -0.15) is 4.68 Å². The first-order valence-corrected chi connectivity index (χ1v) is 6.75. The molecule has 0 atom stereocenters. The molecular formula is C16H16N4O2. The molecule has 6 heteroatoms. The quantitative estimate of drug-likeness (QED) is 0.775. The number of nitrogens with zero attached hydrogens (tertiary/aromatic N) is 3. The van der Waals surface area contributed by atoms with Gasteiger partial charge < -0.3 is 15.6 Å². The maximum Gasteiger partial charge on any atom is 0.155 e. The van der Waals surface area contributed by atoms with Crippen LogP contribution in [0, 0.1) is 6.92 Å². The highest BCUT2D eigenvalue weighted by atomic mass is 16.5. The van der Waals surface area contributed by atoms with Gasteiger partial charge in [-0.05, 0) is 42.8 Å². The van der Waals surface area contributed by atoms with Crippen LogP contribution in [0.2, 0.25) is 0 Å². The first kappa shape index (κ1) is 13.9. The fourth-order valence-corrected chi connectivity index (χ4v) is 2.32. The number of phenolic OH excluding ortho intramolecular Hbond substituents is 1. The van der Waals surface area contributed by atoms with Crippen molar-refractivity contribution in [1.29, 1.82) is 0 Å². The fourth-order valence-electron chi connectivity index (χ4n) is 2.32. The second-order valence-corrected chi connectivity index (χ2v) is 4.94. The second kappa shape index (κ2) is 5.40. The van der Waals surface area contributed by atoms with Crippen LogP contribution in [0.4, 0.5) is 5.82 Å². The molecule has 0 saturated carbocycles. The van der Waals surface area contributed by atoms with Gasteiger partial charge >= 0.3 is 0 Å². The van der Waals surface area contributed by atoms with Crippen LogP contribution in [0.5, 0.6) is 11.5 Å². The molecule has 0 fully saturated rings. The Morgan fingerprint density at radius 2 is 2.00 bits per heavy atom. The molecule has 0 aliphatic rings. The summed E-state index contributed by atoms with van der Waals surface area (Å²) in [4.78, 5) is 0. The third-order valence-corrected chi connectivity index (χ3v) is 3.46. The van der Waals surface area contributed by atoms with Crippen LogP contribution in [-0.2, 0) is 0 Å². The van der Waals surface area contributed by atoms with Gasteiger partial charge in [-0.15, -0.1) is 5.10 Å². The Labute approximate surface area is 127 Å². The van der Waals surface area contributed by atoms with Gasteiger partial charge in [0.15, 0.2) is 5.82 Å². The summed E-state index contributed by atoms with van der Waals surface area (Å²) in [6, 6.07) is 12.5. The standard InChI is InChI=1S/C16H16N4O2/c1-10-8-12(21)6-7-14(10)20-16(17)15(18-19-20)11-4-3-5-13(9-11)22-2/h3-9,21H,17H2,1-2H3. The van der Waals surface area contributed by atoms with E-state index in [1.54, 1.807) is 30.0 Å². The zero-order chi connectivity index (χ0) is 15.7. The Bertz CT molecular complexity index is 827. The monoisotopic (exact) mass is 296 g/mol. The molecule has 22 heavy (non-hydrogen) atoms. The number of hydrogen-bond donors (Lipinski definition) is 2. The van der Waals surface area contributed by atoms with Crippen molar-refractivity contribution in [2.45, 2.75) is 6.92 Å². The number of nitrogen functional groups attached to an aromatic ring is 1. The molecule has 2 aromatic carbocycles. The Morgan fingerprint density at radius 3 is 2.73 bits per heavy atom. The molecule has 0 radical (unpaired) electrons. The van der Waals surface area contributed by atoms with Crippen molar-refractivity contribution < 1.29 is 9.84 Å². The Balaban J connectivity index is 2.08. The lowest BCUT2D eigenvalue weighted by Crippen LogP contribution is -2.04. The molecule has 0 saturated heterocycles. The largest absolute Gasteiger partial charge is 0.508 e. The lowest BCUT2D eigenvalue weighted by molar-refractivity contribution is 0.415. The molecular weight excluding hydrogens is 280 g/mol. The molecule has 6 nitrogen and oxygen atoms in total. The summed E-state index contributed by atoms with van der Waals surface area (Å²) >= 11 is 0. The third-order valence-electron chi connectivity index (χ3n) is 3.46. The van der Waals surface area contributed by atoms with E-state index in [1.807, 2.05) is 31.2 Å². The molecule has 0 bridgehead atoms. The summed E-state index contributed by atoms with van der Waals surface area (Å²) in [6.07, 6.45) is 0. The second-order valence-electron chi connectivity index (χ2n) is 4.94. The number of nitrogens with two attached hydrogens (primary N) is 1. The topological polar surface area (TPSA) is 86.2 Å². The number of rotatable bonds is 3. The predicted octanol–water partition coefficient (Wildman–Crippen LogP) is 2.54. The average Bonchev–Trinajstić information content (AvgIpc) is 2.89. The average molecular weight is 296 g/mol. The molecule has 0 unspecified atom stereocenters. The maximum absolute atomic E-state index is 9.50.